The van der Waals surface area contributed by atoms with Crippen LogP contribution in [0.25, 0.3) is 0 Å². The van der Waals surface area contributed by atoms with Crippen LogP contribution >= 0.6 is 0 Å². The maximum absolute atomic E-state index is 12.9. The predicted octanol–water partition coefficient (Wildman–Crippen LogP) is 22.9. The standard InChI is InChI=1S/C74H122O6/c1-4-7-10-13-16-19-22-25-28-31-34-36-37-39-40-43-46-49-52-55-58-61-64-67-73(76)79-70-71(69-78-72(75)66-63-60-57-54-51-48-45-42-33-30-27-24-21-18-15-12-9-6-3)80-74(77)68-65-62-59-56-53-50-47-44-41-38-35-32-29-26-23-20-17-14-11-8-5-2/h8,11,17,20-22,24-26,29-31,33-35,37-39,44,47,53,56,71H,4-7,9-10,12-16,18-19,23,27-28,32,36,40-43,45-46,48-52,54-55,57-70H2,1-3H3/b11-8-,20-17-,24-21-,25-22-,29-26-,33-30-,34-31-,38-35-,39-37-,47-44-,56-53-. The van der Waals surface area contributed by atoms with Crippen molar-refractivity contribution >= 4 is 17.9 Å². The molecule has 0 rings (SSSR count). The van der Waals surface area contributed by atoms with Gasteiger partial charge in [-0.05, 0) is 141 Å². The molecule has 0 aliphatic rings. The Morgan fingerprint density at radius 3 is 0.800 bits per heavy atom. The Morgan fingerprint density at radius 2 is 0.487 bits per heavy atom. The van der Waals surface area contributed by atoms with E-state index in [1.54, 1.807) is 0 Å². The van der Waals surface area contributed by atoms with Crippen molar-refractivity contribution in [2.45, 2.75) is 303 Å². The van der Waals surface area contributed by atoms with Crippen molar-refractivity contribution in [3.63, 3.8) is 0 Å². The molecule has 0 bridgehead atoms. The summed E-state index contributed by atoms with van der Waals surface area (Å²) in [4.78, 5) is 38.4. The monoisotopic (exact) mass is 1110 g/mol. The third kappa shape index (κ3) is 64.4. The highest BCUT2D eigenvalue weighted by Gasteiger charge is 2.19. The number of rotatable bonds is 59. The van der Waals surface area contributed by atoms with Gasteiger partial charge in [0.05, 0.1) is 0 Å². The van der Waals surface area contributed by atoms with Gasteiger partial charge in [-0.3, -0.25) is 14.4 Å². The van der Waals surface area contributed by atoms with Crippen LogP contribution in [0.1, 0.15) is 297 Å². The first-order valence-corrected chi connectivity index (χ1v) is 33.2. The lowest BCUT2D eigenvalue weighted by molar-refractivity contribution is -0.167. The average Bonchev–Trinajstić information content (AvgIpc) is 3.46. The lowest BCUT2D eigenvalue weighted by Crippen LogP contribution is -2.30. The van der Waals surface area contributed by atoms with Crippen molar-refractivity contribution < 1.29 is 28.6 Å². The van der Waals surface area contributed by atoms with Gasteiger partial charge in [-0.15, -0.1) is 0 Å². The molecular formula is C74H122O6. The summed E-state index contributed by atoms with van der Waals surface area (Å²) in [6.45, 7) is 6.46. The molecule has 80 heavy (non-hydrogen) atoms. The van der Waals surface area contributed by atoms with Crippen LogP contribution < -0.4 is 0 Å². The maximum Gasteiger partial charge on any atom is 0.306 e. The number of carbonyl (C=O) groups is 3. The number of hydrogen-bond acceptors (Lipinski definition) is 6. The van der Waals surface area contributed by atoms with E-state index in [2.05, 4.69) is 154 Å². The lowest BCUT2D eigenvalue weighted by atomic mass is 10.1. The zero-order valence-electron chi connectivity index (χ0n) is 52.0. The van der Waals surface area contributed by atoms with Gasteiger partial charge in [0.15, 0.2) is 6.10 Å². The summed E-state index contributed by atoms with van der Waals surface area (Å²) in [7, 11) is 0. The molecule has 1 unspecified atom stereocenters. The molecule has 6 heteroatoms. The molecule has 6 nitrogen and oxygen atoms in total. The number of ether oxygens (including phenoxy) is 3. The molecule has 0 spiro atoms. The first-order chi connectivity index (χ1) is 39.5. The smallest absolute Gasteiger partial charge is 0.306 e. The fourth-order valence-corrected chi connectivity index (χ4v) is 8.89. The van der Waals surface area contributed by atoms with Crippen LogP contribution in [0.3, 0.4) is 0 Å². The maximum atomic E-state index is 12.9. The van der Waals surface area contributed by atoms with Gasteiger partial charge in [0, 0.05) is 19.3 Å². The molecule has 0 heterocycles. The van der Waals surface area contributed by atoms with Crippen molar-refractivity contribution in [3.8, 4) is 0 Å². The van der Waals surface area contributed by atoms with E-state index in [0.717, 1.165) is 122 Å². The van der Waals surface area contributed by atoms with E-state index in [-0.39, 0.29) is 37.5 Å². The molecule has 0 aliphatic heterocycles. The van der Waals surface area contributed by atoms with Gasteiger partial charge in [0.2, 0.25) is 0 Å². The zero-order chi connectivity index (χ0) is 57.8. The SMILES string of the molecule is CC/C=C\C/C=C\C/C=C\C/C=C\C/C=C\C/C=C\CCCCC(=O)OC(COC(=O)CCCCCCCCC/C=C\C/C=C\CCCCCC)COC(=O)CCCCCCCCCC/C=C\C/C=C\C/C=C\CCCCCCC. The highest BCUT2D eigenvalue weighted by molar-refractivity contribution is 5.71. The third-order valence-electron chi connectivity index (χ3n) is 13.9. The zero-order valence-corrected chi connectivity index (χ0v) is 52.0. The molecule has 0 saturated heterocycles. The fourth-order valence-electron chi connectivity index (χ4n) is 8.89. The normalized spacial score (nSPS) is 13.0. The van der Waals surface area contributed by atoms with E-state index in [9.17, 15) is 14.4 Å². The number of esters is 3. The van der Waals surface area contributed by atoms with E-state index in [4.69, 9.17) is 14.2 Å². The van der Waals surface area contributed by atoms with Crippen LogP contribution in [-0.4, -0.2) is 37.2 Å². The van der Waals surface area contributed by atoms with Gasteiger partial charge in [0.25, 0.3) is 0 Å². The molecule has 0 aliphatic carbocycles. The largest absolute Gasteiger partial charge is 0.462 e. The Balaban J connectivity index is 4.50. The minimum atomic E-state index is -0.815. The van der Waals surface area contributed by atoms with Crippen LogP contribution in [0.2, 0.25) is 0 Å². The van der Waals surface area contributed by atoms with Gasteiger partial charge >= 0.3 is 17.9 Å². The Kier molecular flexibility index (Phi) is 63.3. The minimum absolute atomic E-state index is 0.106. The van der Waals surface area contributed by atoms with Gasteiger partial charge < -0.3 is 14.2 Å². The Hall–Kier alpha value is -4.45. The molecule has 454 valence electrons. The molecule has 0 aromatic rings. The highest BCUT2D eigenvalue weighted by Crippen LogP contribution is 2.15. The van der Waals surface area contributed by atoms with Crippen molar-refractivity contribution in [1.29, 1.82) is 0 Å². The van der Waals surface area contributed by atoms with Gasteiger partial charge in [-0.2, -0.15) is 0 Å². The molecule has 0 N–H and O–H groups in total. The van der Waals surface area contributed by atoms with Crippen LogP contribution in [0.5, 0.6) is 0 Å². The number of hydrogen-bond donors (Lipinski definition) is 0. The van der Waals surface area contributed by atoms with E-state index < -0.39 is 6.10 Å². The first-order valence-electron chi connectivity index (χ1n) is 33.2. The summed E-state index contributed by atoms with van der Waals surface area (Å²) in [6.07, 6.45) is 94.5. The summed E-state index contributed by atoms with van der Waals surface area (Å²) in [5.74, 6) is -0.960. The van der Waals surface area contributed by atoms with E-state index in [1.807, 2.05) is 0 Å². The van der Waals surface area contributed by atoms with Gasteiger partial charge in [0.1, 0.15) is 13.2 Å². The van der Waals surface area contributed by atoms with E-state index in [0.29, 0.717) is 19.3 Å². The first kappa shape index (κ1) is 75.5. The van der Waals surface area contributed by atoms with Crippen LogP contribution in [0.15, 0.2) is 134 Å². The topological polar surface area (TPSA) is 78.9 Å². The summed E-state index contributed by atoms with van der Waals surface area (Å²) in [5.41, 5.74) is 0. The van der Waals surface area contributed by atoms with Crippen molar-refractivity contribution in [2.24, 2.45) is 0 Å². The van der Waals surface area contributed by atoms with E-state index >= 15 is 0 Å². The molecule has 0 aromatic carbocycles. The van der Waals surface area contributed by atoms with Crippen molar-refractivity contribution in [1.82, 2.24) is 0 Å². The van der Waals surface area contributed by atoms with Crippen molar-refractivity contribution in [3.05, 3.63) is 134 Å². The number of unbranched alkanes of at least 4 members (excludes halogenated alkanes) is 26. The van der Waals surface area contributed by atoms with Crippen LogP contribution in [0, 0.1) is 0 Å². The minimum Gasteiger partial charge on any atom is -0.462 e. The van der Waals surface area contributed by atoms with Gasteiger partial charge in [-0.1, -0.05) is 270 Å². The molecular weight excluding hydrogens is 985 g/mol. The number of carbonyl (C=O) groups excluding carboxylic acids is 3. The third-order valence-corrected chi connectivity index (χ3v) is 13.9. The molecule has 0 saturated carbocycles. The fraction of sp³-hybridized carbons (Fsp3) is 0.662. The number of allylic oxidation sites excluding steroid dienone is 22. The second-order valence-electron chi connectivity index (χ2n) is 21.6. The molecule has 0 fully saturated rings. The van der Waals surface area contributed by atoms with Crippen LogP contribution in [0.4, 0.5) is 0 Å². The molecule has 1 atom stereocenters. The van der Waals surface area contributed by atoms with E-state index in [1.165, 1.54) is 128 Å². The predicted molar refractivity (Wildman–Crippen MR) is 348 cm³/mol. The second-order valence-corrected chi connectivity index (χ2v) is 21.6. The van der Waals surface area contributed by atoms with Gasteiger partial charge in [-0.25, -0.2) is 0 Å². The highest BCUT2D eigenvalue weighted by atomic mass is 16.6. The second kappa shape index (κ2) is 67.1. The summed E-state index contributed by atoms with van der Waals surface area (Å²) < 4.78 is 16.9. The average molecular weight is 1110 g/mol. The lowest BCUT2D eigenvalue weighted by Gasteiger charge is -2.18. The Bertz CT molecular complexity index is 1700. The molecule has 0 amide bonds. The summed E-state index contributed by atoms with van der Waals surface area (Å²) in [6, 6.07) is 0. The Morgan fingerprint density at radius 1 is 0.263 bits per heavy atom. The van der Waals surface area contributed by atoms with Crippen LogP contribution in [-0.2, 0) is 28.6 Å². The quantitative estimate of drug-likeness (QED) is 0.0261. The summed E-state index contributed by atoms with van der Waals surface area (Å²) >= 11 is 0. The van der Waals surface area contributed by atoms with Crippen molar-refractivity contribution in [2.75, 3.05) is 13.2 Å². The molecule has 0 radical (unpaired) electrons. The molecule has 0 aromatic heterocycles. The summed E-state index contributed by atoms with van der Waals surface area (Å²) in [5, 5.41) is 0. The Labute approximate surface area is 494 Å².